The van der Waals surface area contributed by atoms with E-state index in [2.05, 4.69) is 59.9 Å². The molecule has 286 valence electrons. The van der Waals surface area contributed by atoms with E-state index in [9.17, 15) is 27.9 Å². The lowest BCUT2D eigenvalue weighted by Gasteiger charge is -2.71. The highest BCUT2D eigenvalue weighted by atomic mass is 35.5. The molecular formula is C42H59ClN2O6S. The Morgan fingerprint density at radius 1 is 0.923 bits per heavy atom. The topological polar surface area (TPSA) is 121 Å². The molecule has 3 saturated carbocycles. The number of allylic oxidation sites excluding steroid dienone is 3. The Kier molecular flexibility index (Phi) is 9.86. The number of aromatic carboxylic acids is 1. The number of amides is 1. The molecule has 2 N–H and O–H groups in total. The predicted molar refractivity (Wildman–Crippen MR) is 207 cm³/mol. The Bertz CT molecular complexity index is 1820. The van der Waals surface area contributed by atoms with Crippen molar-refractivity contribution < 1.29 is 27.9 Å². The van der Waals surface area contributed by atoms with Gasteiger partial charge in [-0.15, -0.1) is 12.4 Å². The molecule has 7 rings (SSSR count). The van der Waals surface area contributed by atoms with Crippen LogP contribution in [0.1, 0.15) is 116 Å². The summed E-state index contributed by atoms with van der Waals surface area (Å²) in [6.45, 7) is 17.6. The molecule has 4 fully saturated rings. The second-order valence-corrected chi connectivity index (χ2v) is 21.0. The van der Waals surface area contributed by atoms with E-state index in [1.54, 1.807) is 12.1 Å². The van der Waals surface area contributed by atoms with Gasteiger partial charge in [-0.2, -0.15) is 0 Å². The van der Waals surface area contributed by atoms with E-state index >= 15 is 0 Å². The zero-order chi connectivity index (χ0) is 36.9. The molecule has 1 saturated heterocycles. The molecule has 0 spiro atoms. The Balaban J connectivity index is 0.00000464. The fraction of sp³-hybridized carbons (Fsp3) is 0.690. The third kappa shape index (κ3) is 5.85. The van der Waals surface area contributed by atoms with Crippen LogP contribution in [-0.4, -0.2) is 72.8 Å². The number of hydrogen-bond acceptors (Lipinski definition) is 6. The van der Waals surface area contributed by atoms with Gasteiger partial charge in [0.25, 0.3) is 0 Å². The molecule has 1 aromatic rings. The van der Waals surface area contributed by atoms with Crippen molar-refractivity contribution in [2.45, 2.75) is 105 Å². The second-order valence-electron chi connectivity index (χ2n) is 18.7. The quantitative estimate of drug-likeness (QED) is 0.311. The molecule has 6 aliphatic rings. The lowest BCUT2D eigenvalue weighted by atomic mass is 9.33. The lowest BCUT2D eigenvalue weighted by Crippen LogP contribution is -2.66. The number of carbonyl (C=O) groups is 3. The predicted octanol–water partition coefficient (Wildman–Crippen LogP) is 7.38. The number of carbonyl (C=O) groups excluding carboxylic acids is 2. The van der Waals surface area contributed by atoms with Crippen molar-refractivity contribution in [2.24, 2.45) is 45.3 Å². The van der Waals surface area contributed by atoms with Gasteiger partial charge in [0.2, 0.25) is 5.91 Å². The minimum atomic E-state index is -3.04. The first-order valence-corrected chi connectivity index (χ1v) is 21.2. The average molecular weight is 755 g/mol. The summed E-state index contributed by atoms with van der Waals surface area (Å²) in [6.07, 6.45) is 9.82. The van der Waals surface area contributed by atoms with Gasteiger partial charge in [0.15, 0.2) is 15.6 Å². The number of fused-ring (bicyclic) bond motifs is 7. The fourth-order valence-corrected chi connectivity index (χ4v) is 14.3. The number of nitrogens with zero attached hydrogens (tertiary/aromatic N) is 1. The first kappa shape index (κ1) is 39.2. The van der Waals surface area contributed by atoms with E-state index < -0.39 is 21.3 Å². The SMILES string of the molecule is CC(C)C1=C2C3CCC4[C@@]5(C)CC=C(c6ccc(C(=O)O)cc6)C(C)(C)C5CC[C@@]4(C)[C@]3(C)CC[C@@]2(NC(=O)CN2CCS(=O)(=O)CC2)CC1=O.Cl. The van der Waals surface area contributed by atoms with Crippen LogP contribution in [0.4, 0.5) is 0 Å². The monoisotopic (exact) mass is 754 g/mol. The zero-order valence-electron chi connectivity index (χ0n) is 32.1. The van der Waals surface area contributed by atoms with Gasteiger partial charge in [0.1, 0.15) is 0 Å². The molecule has 5 aliphatic carbocycles. The van der Waals surface area contributed by atoms with Gasteiger partial charge in [-0.3, -0.25) is 14.5 Å². The number of Topliss-reactive ketones (excluding diaryl/α,β-unsaturated/α-hetero) is 1. The van der Waals surface area contributed by atoms with Gasteiger partial charge in [-0.1, -0.05) is 66.7 Å². The van der Waals surface area contributed by atoms with E-state index in [0.29, 0.717) is 36.9 Å². The van der Waals surface area contributed by atoms with Crippen LogP contribution in [-0.2, 0) is 19.4 Å². The molecule has 8 nitrogen and oxygen atoms in total. The Hall–Kier alpha value is -2.49. The summed E-state index contributed by atoms with van der Waals surface area (Å²) >= 11 is 0. The minimum Gasteiger partial charge on any atom is -0.478 e. The third-order valence-electron chi connectivity index (χ3n) is 15.6. The van der Waals surface area contributed by atoms with E-state index in [1.165, 1.54) is 11.1 Å². The van der Waals surface area contributed by atoms with Crippen LogP contribution in [0.15, 0.2) is 41.5 Å². The zero-order valence-corrected chi connectivity index (χ0v) is 33.8. The summed E-state index contributed by atoms with van der Waals surface area (Å²) in [5.41, 5.74) is 4.30. The standard InChI is InChI=1S/C42H58N2O6S.ClH/c1-26(2)35-31(45)24-42(43-34(46)25-44-20-22-51(49,50)23-21-44)19-18-40(6)30(36(35)42)12-13-33-39(5)16-14-29(27-8-10-28(11-9-27)37(47)48)38(3,4)32(39)15-17-41(33,40)7;/h8-11,14,26,30,32-33H,12-13,15-25H2,1-7H3,(H,43,46)(H,47,48);1H/t30?,32?,33?,39-,40+,41+,42+;/m0./s1. The average Bonchev–Trinajstić information content (AvgIpc) is 3.34. The minimum absolute atomic E-state index is 0. The van der Waals surface area contributed by atoms with E-state index in [-0.39, 0.29) is 75.6 Å². The maximum absolute atomic E-state index is 14.0. The van der Waals surface area contributed by atoms with E-state index in [1.807, 2.05) is 17.0 Å². The maximum atomic E-state index is 14.0. The third-order valence-corrected chi connectivity index (χ3v) is 17.2. The summed E-state index contributed by atoms with van der Waals surface area (Å²) < 4.78 is 24.0. The summed E-state index contributed by atoms with van der Waals surface area (Å²) in [6, 6.07) is 7.40. The van der Waals surface area contributed by atoms with Crippen LogP contribution < -0.4 is 5.32 Å². The van der Waals surface area contributed by atoms with Crippen LogP contribution in [0.25, 0.3) is 5.57 Å². The van der Waals surface area contributed by atoms with Crippen molar-refractivity contribution in [3.63, 3.8) is 0 Å². The Morgan fingerprint density at radius 3 is 2.19 bits per heavy atom. The van der Waals surface area contributed by atoms with Crippen molar-refractivity contribution >= 4 is 45.5 Å². The molecule has 0 aromatic heterocycles. The van der Waals surface area contributed by atoms with Crippen LogP contribution >= 0.6 is 12.4 Å². The van der Waals surface area contributed by atoms with E-state index in [0.717, 1.165) is 56.1 Å². The largest absolute Gasteiger partial charge is 0.478 e. The van der Waals surface area contributed by atoms with Crippen LogP contribution in [0.2, 0.25) is 0 Å². The number of halogens is 1. The molecule has 1 aliphatic heterocycles. The molecule has 52 heavy (non-hydrogen) atoms. The van der Waals surface area contributed by atoms with Crippen molar-refractivity contribution in [3.05, 3.63) is 52.6 Å². The number of ketones is 1. The molecule has 1 amide bonds. The molecular weight excluding hydrogens is 696 g/mol. The number of sulfone groups is 1. The highest BCUT2D eigenvalue weighted by Crippen LogP contribution is 2.76. The summed E-state index contributed by atoms with van der Waals surface area (Å²) in [5.74, 6) is 0.618. The van der Waals surface area contributed by atoms with Gasteiger partial charge in [-0.05, 0) is 125 Å². The fourth-order valence-electron chi connectivity index (χ4n) is 13.1. The van der Waals surface area contributed by atoms with Crippen LogP contribution in [0, 0.1) is 45.3 Å². The number of benzene rings is 1. The Labute approximate surface area is 317 Å². The highest BCUT2D eigenvalue weighted by molar-refractivity contribution is 7.91. The van der Waals surface area contributed by atoms with Gasteiger partial charge in [0, 0.05) is 19.5 Å². The molecule has 7 atom stereocenters. The number of carboxylic acid groups (broad SMARTS) is 1. The number of hydrogen-bond donors (Lipinski definition) is 2. The number of nitrogens with one attached hydrogen (secondary N) is 1. The van der Waals surface area contributed by atoms with Crippen molar-refractivity contribution in [2.75, 3.05) is 31.1 Å². The molecule has 0 bridgehead atoms. The second kappa shape index (κ2) is 13.1. The normalized spacial score (nSPS) is 37.9. The maximum Gasteiger partial charge on any atom is 0.335 e. The van der Waals surface area contributed by atoms with Crippen LogP contribution in [0.3, 0.4) is 0 Å². The molecule has 10 heteroatoms. The van der Waals surface area contributed by atoms with Gasteiger partial charge < -0.3 is 10.4 Å². The van der Waals surface area contributed by atoms with Crippen molar-refractivity contribution in [1.29, 1.82) is 0 Å². The lowest BCUT2D eigenvalue weighted by molar-refractivity contribution is -0.194. The summed E-state index contributed by atoms with van der Waals surface area (Å²) in [4.78, 5) is 41.2. The highest BCUT2D eigenvalue weighted by Gasteiger charge is 2.69. The first-order chi connectivity index (χ1) is 23.8. The smallest absolute Gasteiger partial charge is 0.335 e. The summed E-state index contributed by atoms with van der Waals surface area (Å²) in [5, 5.41) is 12.9. The molecule has 3 unspecified atom stereocenters. The van der Waals surface area contributed by atoms with Gasteiger partial charge in [-0.25, -0.2) is 13.2 Å². The van der Waals surface area contributed by atoms with Crippen LogP contribution in [0.5, 0.6) is 0 Å². The van der Waals surface area contributed by atoms with Gasteiger partial charge in [0.05, 0.1) is 29.2 Å². The first-order valence-electron chi connectivity index (χ1n) is 19.3. The Morgan fingerprint density at radius 2 is 1.58 bits per heavy atom. The molecule has 1 heterocycles. The van der Waals surface area contributed by atoms with E-state index in [4.69, 9.17) is 0 Å². The molecule has 0 radical (unpaired) electrons. The summed E-state index contributed by atoms with van der Waals surface area (Å²) in [7, 11) is -3.04. The number of carboxylic acids is 1. The van der Waals surface area contributed by atoms with Gasteiger partial charge >= 0.3 is 5.97 Å². The van der Waals surface area contributed by atoms with Crippen molar-refractivity contribution in [3.8, 4) is 0 Å². The molecule has 1 aromatic carbocycles. The van der Waals surface area contributed by atoms with Crippen molar-refractivity contribution in [1.82, 2.24) is 10.2 Å². The number of rotatable bonds is 6.